The normalized spacial score (nSPS) is 44.8. The zero-order valence-electron chi connectivity index (χ0n) is 12.4. The highest BCUT2D eigenvalue weighted by Crippen LogP contribution is 2.40. The van der Waals surface area contributed by atoms with Gasteiger partial charge in [-0.2, -0.15) is 11.8 Å². The van der Waals surface area contributed by atoms with Crippen molar-refractivity contribution in [3.63, 3.8) is 0 Å². The molecule has 3 nitrogen and oxygen atoms in total. The summed E-state index contributed by atoms with van der Waals surface area (Å²) in [5.41, 5.74) is 0.233. The lowest BCUT2D eigenvalue weighted by atomic mass is 9.86. The first-order valence-electron chi connectivity index (χ1n) is 7.85. The number of nitrogens with one attached hydrogen (secondary N) is 1. The molecule has 4 atom stereocenters. The van der Waals surface area contributed by atoms with Crippen LogP contribution in [-0.4, -0.2) is 60.8 Å². The van der Waals surface area contributed by atoms with Crippen LogP contribution < -0.4 is 5.32 Å². The number of likely N-dealkylation sites (tertiary alicyclic amines) is 1. The van der Waals surface area contributed by atoms with Crippen molar-refractivity contribution in [2.45, 2.75) is 50.3 Å². The average molecular weight is 284 g/mol. The van der Waals surface area contributed by atoms with Crippen molar-refractivity contribution in [1.29, 1.82) is 0 Å². The van der Waals surface area contributed by atoms with Gasteiger partial charge in [0.25, 0.3) is 0 Å². The summed E-state index contributed by atoms with van der Waals surface area (Å²) < 4.78 is 6.16. The van der Waals surface area contributed by atoms with Gasteiger partial charge in [0.2, 0.25) is 0 Å². The first kappa shape index (κ1) is 14.2. The zero-order chi connectivity index (χ0) is 13.3. The summed E-state index contributed by atoms with van der Waals surface area (Å²) in [6, 6.07) is 1.49. The first-order chi connectivity index (χ1) is 9.22. The Bertz CT molecular complexity index is 307. The molecular formula is C15H28N2OS. The number of hydrogen-bond acceptors (Lipinski definition) is 4. The van der Waals surface area contributed by atoms with E-state index in [1.54, 1.807) is 0 Å². The van der Waals surface area contributed by atoms with Gasteiger partial charge in [-0.15, -0.1) is 0 Å². The number of ether oxygens (including phenoxy) is 1. The highest BCUT2D eigenvalue weighted by Gasteiger charge is 2.42. The predicted octanol–water partition coefficient (Wildman–Crippen LogP) is 1.97. The quantitative estimate of drug-likeness (QED) is 0.838. The number of rotatable bonds is 2. The van der Waals surface area contributed by atoms with E-state index in [1.807, 2.05) is 0 Å². The van der Waals surface area contributed by atoms with Gasteiger partial charge in [0.15, 0.2) is 0 Å². The highest BCUT2D eigenvalue weighted by atomic mass is 32.2. The van der Waals surface area contributed by atoms with Crippen LogP contribution in [0.15, 0.2) is 0 Å². The van der Waals surface area contributed by atoms with E-state index in [0.717, 1.165) is 18.6 Å². The third kappa shape index (κ3) is 2.97. The minimum absolute atomic E-state index is 0.233. The van der Waals surface area contributed by atoms with E-state index < -0.39 is 0 Å². The van der Waals surface area contributed by atoms with Crippen molar-refractivity contribution >= 4 is 11.8 Å². The molecule has 0 saturated carbocycles. The molecule has 0 radical (unpaired) electrons. The average Bonchev–Trinajstić information content (AvgIpc) is 2.86. The number of piperidine rings is 1. The first-order valence-corrected chi connectivity index (χ1v) is 9.01. The van der Waals surface area contributed by atoms with Crippen LogP contribution in [-0.2, 0) is 4.74 Å². The minimum atomic E-state index is 0.233. The lowest BCUT2D eigenvalue weighted by Gasteiger charge is -2.46. The van der Waals surface area contributed by atoms with Gasteiger partial charge in [-0.25, -0.2) is 0 Å². The van der Waals surface area contributed by atoms with Crippen molar-refractivity contribution in [2.24, 2.45) is 5.92 Å². The van der Waals surface area contributed by atoms with Crippen molar-refractivity contribution < 1.29 is 4.74 Å². The number of nitrogens with zero attached hydrogens (tertiary/aromatic N) is 1. The molecular weight excluding hydrogens is 256 g/mol. The van der Waals surface area contributed by atoms with Gasteiger partial charge in [0, 0.05) is 31.0 Å². The molecule has 3 rings (SSSR count). The molecule has 3 aliphatic rings. The summed E-state index contributed by atoms with van der Waals surface area (Å²) in [5, 5.41) is 3.47. The SMILES string of the molecule is CNC1CCN(C2CCOC3(CCSC3)C2)CC1C. The zero-order valence-corrected chi connectivity index (χ0v) is 13.2. The number of thioether (sulfide) groups is 1. The molecule has 19 heavy (non-hydrogen) atoms. The van der Waals surface area contributed by atoms with Gasteiger partial charge in [-0.05, 0) is 50.9 Å². The fourth-order valence-electron chi connectivity index (χ4n) is 4.12. The summed E-state index contributed by atoms with van der Waals surface area (Å²) in [6.45, 7) is 5.91. The van der Waals surface area contributed by atoms with Crippen LogP contribution in [0.25, 0.3) is 0 Å². The molecule has 0 aromatic heterocycles. The van der Waals surface area contributed by atoms with Crippen molar-refractivity contribution in [3.8, 4) is 0 Å². The van der Waals surface area contributed by atoms with Crippen LogP contribution in [0.3, 0.4) is 0 Å². The van der Waals surface area contributed by atoms with E-state index >= 15 is 0 Å². The molecule has 3 aliphatic heterocycles. The second kappa shape index (κ2) is 5.92. The Morgan fingerprint density at radius 1 is 1.37 bits per heavy atom. The standard InChI is InChI=1S/C15H28N2OS/c1-12-10-17(6-3-14(12)16-2)13-4-7-18-15(9-13)5-8-19-11-15/h12-14,16H,3-11H2,1-2H3. The Morgan fingerprint density at radius 2 is 2.26 bits per heavy atom. The molecule has 3 saturated heterocycles. The smallest absolute Gasteiger partial charge is 0.0795 e. The van der Waals surface area contributed by atoms with Crippen LogP contribution in [0, 0.1) is 5.92 Å². The van der Waals surface area contributed by atoms with Gasteiger partial charge < -0.3 is 10.1 Å². The molecule has 0 aromatic carbocycles. The van der Waals surface area contributed by atoms with E-state index in [9.17, 15) is 0 Å². The molecule has 0 aromatic rings. The maximum Gasteiger partial charge on any atom is 0.0795 e. The summed E-state index contributed by atoms with van der Waals surface area (Å²) in [5.74, 6) is 3.30. The molecule has 1 spiro atoms. The second-order valence-electron chi connectivity index (χ2n) is 6.64. The van der Waals surface area contributed by atoms with E-state index in [4.69, 9.17) is 4.74 Å². The second-order valence-corrected chi connectivity index (χ2v) is 7.74. The number of hydrogen-bond donors (Lipinski definition) is 1. The maximum atomic E-state index is 6.16. The topological polar surface area (TPSA) is 24.5 Å². The molecule has 3 heterocycles. The van der Waals surface area contributed by atoms with Crippen LogP contribution in [0.1, 0.15) is 32.6 Å². The van der Waals surface area contributed by atoms with Crippen molar-refractivity contribution in [3.05, 3.63) is 0 Å². The monoisotopic (exact) mass is 284 g/mol. The van der Waals surface area contributed by atoms with Crippen molar-refractivity contribution in [2.75, 3.05) is 38.2 Å². The van der Waals surface area contributed by atoms with Crippen LogP contribution >= 0.6 is 11.8 Å². The molecule has 3 fully saturated rings. The van der Waals surface area contributed by atoms with E-state index in [0.29, 0.717) is 6.04 Å². The Labute approximate surface area is 121 Å². The van der Waals surface area contributed by atoms with Crippen LogP contribution in [0.4, 0.5) is 0 Å². The fraction of sp³-hybridized carbons (Fsp3) is 1.00. The third-order valence-corrected chi connectivity index (χ3v) is 6.58. The van der Waals surface area contributed by atoms with Gasteiger partial charge >= 0.3 is 0 Å². The lowest BCUT2D eigenvalue weighted by Crippen LogP contribution is -2.55. The Balaban J connectivity index is 1.60. The molecule has 0 bridgehead atoms. The third-order valence-electron chi connectivity index (χ3n) is 5.36. The molecule has 0 aliphatic carbocycles. The Kier molecular flexibility index (Phi) is 4.42. The molecule has 0 amide bonds. The molecule has 110 valence electrons. The van der Waals surface area contributed by atoms with E-state index in [-0.39, 0.29) is 5.60 Å². The maximum absolute atomic E-state index is 6.16. The molecule has 4 heteroatoms. The largest absolute Gasteiger partial charge is 0.374 e. The minimum Gasteiger partial charge on any atom is -0.374 e. The Hall–Kier alpha value is 0.230. The summed E-state index contributed by atoms with van der Waals surface area (Å²) in [6.07, 6.45) is 5.09. The Morgan fingerprint density at radius 3 is 2.95 bits per heavy atom. The van der Waals surface area contributed by atoms with Crippen LogP contribution in [0.5, 0.6) is 0 Å². The van der Waals surface area contributed by atoms with Crippen LogP contribution in [0.2, 0.25) is 0 Å². The lowest BCUT2D eigenvalue weighted by molar-refractivity contribution is -0.0946. The summed E-state index contributed by atoms with van der Waals surface area (Å²) >= 11 is 2.08. The van der Waals surface area contributed by atoms with E-state index in [1.165, 1.54) is 50.3 Å². The van der Waals surface area contributed by atoms with Crippen molar-refractivity contribution in [1.82, 2.24) is 10.2 Å². The van der Waals surface area contributed by atoms with Gasteiger partial charge in [-0.3, -0.25) is 4.90 Å². The van der Waals surface area contributed by atoms with Gasteiger partial charge in [0.1, 0.15) is 0 Å². The van der Waals surface area contributed by atoms with Gasteiger partial charge in [-0.1, -0.05) is 6.92 Å². The highest BCUT2D eigenvalue weighted by molar-refractivity contribution is 7.99. The van der Waals surface area contributed by atoms with Gasteiger partial charge in [0.05, 0.1) is 5.60 Å². The summed E-state index contributed by atoms with van der Waals surface area (Å²) in [4.78, 5) is 2.76. The molecule has 4 unspecified atom stereocenters. The molecule has 1 N–H and O–H groups in total. The van der Waals surface area contributed by atoms with E-state index in [2.05, 4.69) is 35.9 Å². The fourth-order valence-corrected chi connectivity index (χ4v) is 5.49. The summed E-state index contributed by atoms with van der Waals surface area (Å²) in [7, 11) is 2.11. The predicted molar refractivity (Wildman–Crippen MR) is 81.8 cm³/mol.